The summed E-state index contributed by atoms with van der Waals surface area (Å²) in [5.74, 6) is -1.16. The van der Waals surface area contributed by atoms with E-state index in [1.807, 2.05) is 24.3 Å². The molecule has 1 aromatic carbocycles. The molecule has 0 unspecified atom stereocenters. The highest BCUT2D eigenvalue weighted by atomic mass is 32.1. The van der Waals surface area contributed by atoms with E-state index < -0.39 is 11.7 Å². The molecule has 1 fully saturated rings. The Bertz CT molecular complexity index is 801. The Morgan fingerprint density at radius 3 is 2.58 bits per heavy atom. The van der Waals surface area contributed by atoms with Crippen molar-refractivity contribution < 1.29 is 13.9 Å². The minimum Gasteiger partial charge on any atom is -0.378 e. The third-order valence-electron chi connectivity index (χ3n) is 3.77. The van der Waals surface area contributed by atoms with Crippen LogP contribution in [0.2, 0.25) is 0 Å². The van der Waals surface area contributed by atoms with E-state index in [1.54, 1.807) is 0 Å². The monoisotopic (exact) mass is 348 g/mol. The van der Waals surface area contributed by atoms with Gasteiger partial charge in [-0.05, 0) is 30.3 Å². The van der Waals surface area contributed by atoms with Crippen molar-refractivity contribution in [3.8, 4) is 0 Å². The lowest BCUT2D eigenvalue weighted by Crippen LogP contribution is -2.36. The Hall–Kier alpha value is -2.45. The third kappa shape index (κ3) is 3.55. The SMILES string of the molecule is NC(=O)c1cc(F)c(=S)[nH]c1Nc1ccc(N2CCOCC2)cc1. The van der Waals surface area contributed by atoms with Crippen molar-refractivity contribution >= 4 is 35.3 Å². The fraction of sp³-hybridized carbons (Fsp3) is 0.250. The number of ether oxygens (including phenoxy) is 1. The van der Waals surface area contributed by atoms with E-state index in [0.717, 1.165) is 30.5 Å². The average molecular weight is 348 g/mol. The van der Waals surface area contributed by atoms with Crippen LogP contribution in [0.1, 0.15) is 10.4 Å². The van der Waals surface area contributed by atoms with Crippen molar-refractivity contribution in [3.05, 3.63) is 46.4 Å². The fourth-order valence-corrected chi connectivity index (χ4v) is 2.68. The highest BCUT2D eigenvalue weighted by Crippen LogP contribution is 2.23. The van der Waals surface area contributed by atoms with Crippen LogP contribution in [0.25, 0.3) is 0 Å². The Labute approximate surface area is 143 Å². The number of carbonyl (C=O) groups excluding carboxylic acids is 1. The number of pyridine rings is 1. The molecule has 6 nitrogen and oxygen atoms in total. The van der Waals surface area contributed by atoms with Gasteiger partial charge in [0.15, 0.2) is 5.82 Å². The smallest absolute Gasteiger partial charge is 0.252 e. The number of hydrogen-bond donors (Lipinski definition) is 3. The average Bonchev–Trinajstić information content (AvgIpc) is 2.59. The zero-order valence-corrected chi connectivity index (χ0v) is 13.7. The summed E-state index contributed by atoms with van der Waals surface area (Å²) in [6.07, 6.45) is 0. The lowest BCUT2D eigenvalue weighted by atomic mass is 10.2. The molecule has 2 aromatic rings. The summed E-state index contributed by atoms with van der Waals surface area (Å²) in [4.78, 5) is 16.4. The number of primary amides is 1. The van der Waals surface area contributed by atoms with Crippen molar-refractivity contribution in [2.45, 2.75) is 0 Å². The number of halogens is 1. The van der Waals surface area contributed by atoms with Gasteiger partial charge in [-0.1, -0.05) is 12.2 Å². The van der Waals surface area contributed by atoms with Crippen molar-refractivity contribution in [1.82, 2.24) is 4.98 Å². The maximum absolute atomic E-state index is 13.5. The van der Waals surface area contributed by atoms with Gasteiger partial charge in [0, 0.05) is 24.5 Å². The topological polar surface area (TPSA) is 83.4 Å². The number of nitrogens with zero attached hydrogens (tertiary/aromatic N) is 1. The summed E-state index contributed by atoms with van der Waals surface area (Å²) in [5.41, 5.74) is 7.12. The Morgan fingerprint density at radius 2 is 1.96 bits per heavy atom. The fourth-order valence-electron chi connectivity index (χ4n) is 2.52. The Morgan fingerprint density at radius 1 is 1.29 bits per heavy atom. The highest BCUT2D eigenvalue weighted by Gasteiger charge is 2.13. The Kier molecular flexibility index (Phi) is 4.77. The first-order valence-corrected chi connectivity index (χ1v) is 7.88. The number of hydrogen-bond acceptors (Lipinski definition) is 5. The third-order valence-corrected chi connectivity index (χ3v) is 4.07. The molecule has 3 rings (SSSR count). The van der Waals surface area contributed by atoms with E-state index in [9.17, 15) is 9.18 Å². The first kappa shape index (κ1) is 16.4. The molecule has 4 N–H and O–H groups in total. The normalized spacial score (nSPS) is 14.5. The summed E-state index contributed by atoms with van der Waals surface area (Å²) in [6.45, 7) is 3.13. The van der Waals surface area contributed by atoms with Crippen LogP contribution in [0.4, 0.5) is 21.6 Å². The second kappa shape index (κ2) is 6.98. The molecule has 2 heterocycles. The minimum atomic E-state index is -0.743. The van der Waals surface area contributed by atoms with Gasteiger partial charge in [-0.3, -0.25) is 4.79 Å². The van der Waals surface area contributed by atoms with Gasteiger partial charge in [0.2, 0.25) is 0 Å². The van der Waals surface area contributed by atoms with Crippen molar-refractivity contribution in [2.24, 2.45) is 5.73 Å². The maximum atomic E-state index is 13.5. The number of H-pyrrole nitrogens is 1. The van der Waals surface area contributed by atoms with E-state index in [4.69, 9.17) is 22.7 Å². The lowest BCUT2D eigenvalue weighted by molar-refractivity contribution is 0.100. The van der Waals surface area contributed by atoms with Crippen LogP contribution in [0.5, 0.6) is 0 Å². The highest BCUT2D eigenvalue weighted by molar-refractivity contribution is 7.71. The van der Waals surface area contributed by atoms with Gasteiger partial charge in [-0.2, -0.15) is 0 Å². The number of nitrogens with one attached hydrogen (secondary N) is 2. The number of carbonyl (C=O) groups is 1. The molecular formula is C16H17FN4O2S. The quantitative estimate of drug-likeness (QED) is 0.740. The van der Waals surface area contributed by atoms with Crippen LogP contribution < -0.4 is 16.0 Å². The molecule has 1 aromatic heterocycles. The predicted molar refractivity (Wildman–Crippen MR) is 92.9 cm³/mol. The minimum absolute atomic E-state index is 0.0124. The van der Waals surface area contributed by atoms with E-state index in [-0.39, 0.29) is 16.0 Å². The zero-order chi connectivity index (χ0) is 17.1. The van der Waals surface area contributed by atoms with Crippen LogP contribution in [0.3, 0.4) is 0 Å². The number of aromatic amines is 1. The van der Waals surface area contributed by atoms with Gasteiger partial charge in [-0.25, -0.2) is 4.39 Å². The molecular weight excluding hydrogens is 331 g/mol. The van der Waals surface area contributed by atoms with Gasteiger partial charge >= 0.3 is 0 Å². The molecule has 0 atom stereocenters. The largest absolute Gasteiger partial charge is 0.378 e. The number of nitrogens with two attached hydrogens (primary N) is 1. The summed E-state index contributed by atoms with van der Waals surface area (Å²) < 4.78 is 18.8. The van der Waals surface area contributed by atoms with E-state index in [0.29, 0.717) is 13.2 Å². The molecule has 0 bridgehead atoms. The van der Waals surface area contributed by atoms with Crippen molar-refractivity contribution in [3.63, 3.8) is 0 Å². The predicted octanol–water partition coefficient (Wildman–Crippen LogP) is 2.56. The molecule has 0 saturated carbocycles. The molecule has 126 valence electrons. The summed E-state index contributed by atoms with van der Waals surface area (Å²) in [7, 11) is 0. The van der Waals surface area contributed by atoms with Gasteiger partial charge < -0.3 is 25.7 Å². The number of rotatable bonds is 4. The first-order valence-electron chi connectivity index (χ1n) is 7.47. The van der Waals surface area contributed by atoms with Gasteiger partial charge in [-0.15, -0.1) is 0 Å². The van der Waals surface area contributed by atoms with Gasteiger partial charge in [0.1, 0.15) is 10.5 Å². The Balaban J connectivity index is 1.82. The van der Waals surface area contributed by atoms with Crippen LogP contribution in [-0.2, 0) is 4.74 Å². The van der Waals surface area contributed by atoms with Crippen LogP contribution in [0, 0.1) is 10.5 Å². The zero-order valence-electron chi connectivity index (χ0n) is 12.8. The number of amides is 1. The number of benzene rings is 1. The molecule has 8 heteroatoms. The molecule has 1 amide bonds. The molecule has 1 aliphatic rings. The standard InChI is InChI=1S/C16H17FN4O2S/c17-13-9-12(14(18)22)15(20-16(13)24)19-10-1-3-11(4-2-10)21-5-7-23-8-6-21/h1-4,9H,5-8H2,(H2,18,22)(H2,19,20,24). The molecule has 0 spiro atoms. The number of morpholine rings is 1. The van der Waals surface area contributed by atoms with Gasteiger partial charge in [0.05, 0.1) is 18.8 Å². The van der Waals surface area contributed by atoms with Crippen LogP contribution in [0.15, 0.2) is 30.3 Å². The maximum Gasteiger partial charge on any atom is 0.252 e. The van der Waals surface area contributed by atoms with Crippen molar-refractivity contribution in [1.29, 1.82) is 0 Å². The summed E-state index contributed by atoms with van der Waals surface area (Å²) in [6, 6.07) is 8.71. The summed E-state index contributed by atoms with van der Waals surface area (Å²) in [5, 5.41) is 3.02. The van der Waals surface area contributed by atoms with E-state index in [2.05, 4.69) is 15.2 Å². The first-order chi connectivity index (χ1) is 11.5. The van der Waals surface area contributed by atoms with Crippen molar-refractivity contribution in [2.75, 3.05) is 36.5 Å². The molecule has 1 aliphatic heterocycles. The van der Waals surface area contributed by atoms with Crippen LogP contribution >= 0.6 is 12.2 Å². The molecule has 24 heavy (non-hydrogen) atoms. The van der Waals surface area contributed by atoms with E-state index >= 15 is 0 Å². The summed E-state index contributed by atoms with van der Waals surface area (Å²) >= 11 is 4.87. The molecule has 1 saturated heterocycles. The second-order valence-electron chi connectivity index (χ2n) is 5.37. The number of aromatic nitrogens is 1. The van der Waals surface area contributed by atoms with Crippen LogP contribution in [-0.4, -0.2) is 37.2 Å². The van der Waals surface area contributed by atoms with Gasteiger partial charge in [0.25, 0.3) is 5.91 Å². The lowest BCUT2D eigenvalue weighted by Gasteiger charge is -2.29. The number of anilines is 3. The van der Waals surface area contributed by atoms with E-state index in [1.165, 1.54) is 0 Å². The molecule has 0 aliphatic carbocycles. The molecule has 0 radical (unpaired) electrons. The second-order valence-corrected chi connectivity index (χ2v) is 5.78.